The van der Waals surface area contributed by atoms with Crippen molar-refractivity contribution in [1.29, 1.82) is 0 Å². The zero-order chi connectivity index (χ0) is 15.5. The second-order valence-corrected chi connectivity index (χ2v) is 5.50. The van der Waals surface area contributed by atoms with Crippen LogP contribution in [0.3, 0.4) is 0 Å². The van der Waals surface area contributed by atoms with Gasteiger partial charge in [-0.1, -0.05) is 28.1 Å². The third kappa shape index (κ3) is 3.25. The molecule has 0 spiro atoms. The van der Waals surface area contributed by atoms with E-state index >= 15 is 0 Å². The van der Waals surface area contributed by atoms with E-state index in [0.717, 1.165) is 4.47 Å². The number of hydrogen-bond acceptors (Lipinski definition) is 4. The second kappa shape index (κ2) is 6.15. The number of halogens is 2. The van der Waals surface area contributed by atoms with Crippen LogP contribution in [0.4, 0.5) is 4.39 Å². The molecular weight excluding hydrogens is 351 g/mol. The standard InChI is InChI=1S/C15H10BrFN4O/c16-12-5-1-10(2-6-12)14(22)9-21-19-15(18-20-21)11-3-7-13(17)8-4-11/h1-8H,9H2. The minimum atomic E-state index is -0.332. The fourth-order valence-corrected chi connectivity index (χ4v) is 2.14. The van der Waals surface area contributed by atoms with Gasteiger partial charge in [0.1, 0.15) is 12.4 Å². The molecule has 22 heavy (non-hydrogen) atoms. The van der Waals surface area contributed by atoms with Crippen LogP contribution in [-0.2, 0) is 6.54 Å². The topological polar surface area (TPSA) is 60.7 Å². The first-order valence-electron chi connectivity index (χ1n) is 6.44. The van der Waals surface area contributed by atoms with E-state index in [1.165, 1.54) is 16.9 Å². The molecule has 1 heterocycles. The van der Waals surface area contributed by atoms with E-state index in [1.54, 1.807) is 36.4 Å². The number of ketones is 1. The van der Waals surface area contributed by atoms with Gasteiger partial charge in [-0.05, 0) is 41.6 Å². The van der Waals surface area contributed by atoms with Crippen LogP contribution < -0.4 is 0 Å². The first-order chi connectivity index (χ1) is 10.6. The molecule has 0 N–H and O–H groups in total. The Hall–Kier alpha value is -2.41. The van der Waals surface area contributed by atoms with Crippen molar-refractivity contribution in [3.63, 3.8) is 0 Å². The van der Waals surface area contributed by atoms with Crippen molar-refractivity contribution < 1.29 is 9.18 Å². The van der Waals surface area contributed by atoms with Gasteiger partial charge in [0.05, 0.1) is 0 Å². The van der Waals surface area contributed by atoms with Gasteiger partial charge in [-0.3, -0.25) is 4.79 Å². The molecule has 2 aromatic carbocycles. The maximum atomic E-state index is 12.9. The van der Waals surface area contributed by atoms with E-state index < -0.39 is 0 Å². The normalized spacial score (nSPS) is 10.6. The zero-order valence-electron chi connectivity index (χ0n) is 11.3. The highest BCUT2D eigenvalue weighted by Crippen LogP contribution is 2.14. The summed E-state index contributed by atoms with van der Waals surface area (Å²) in [5.74, 6) is -0.0966. The van der Waals surface area contributed by atoms with Gasteiger partial charge in [0.25, 0.3) is 0 Å². The molecule has 1 aromatic heterocycles. The van der Waals surface area contributed by atoms with Gasteiger partial charge in [0, 0.05) is 15.6 Å². The molecule has 0 aliphatic rings. The monoisotopic (exact) mass is 360 g/mol. The van der Waals surface area contributed by atoms with E-state index in [2.05, 4.69) is 31.3 Å². The van der Waals surface area contributed by atoms with Gasteiger partial charge in [0.15, 0.2) is 5.78 Å². The lowest BCUT2D eigenvalue weighted by Gasteiger charge is -2.00. The zero-order valence-corrected chi connectivity index (χ0v) is 12.9. The van der Waals surface area contributed by atoms with Crippen LogP contribution in [0.2, 0.25) is 0 Å². The van der Waals surface area contributed by atoms with Crippen LogP contribution in [0.1, 0.15) is 10.4 Å². The van der Waals surface area contributed by atoms with Crippen LogP contribution in [-0.4, -0.2) is 26.0 Å². The molecule has 0 saturated carbocycles. The molecule has 5 nitrogen and oxygen atoms in total. The minimum Gasteiger partial charge on any atom is -0.292 e. The average Bonchev–Trinajstić information content (AvgIpc) is 2.97. The number of Topliss-reactive ketones (excluding diaryl/α,β-unsaturated/α-hetero) is 1. The molecule has 0 aliphatic carbocycles. The van der Waals surface area contributed by atoms with Gasteiger partial charge in [-0.15, -0.1) is 10.2 Å². The summed E-state index contributed by atoms with van der Waals surface area (Å²) in [4.78, 5) is 13.3. The third-order valence-electron chi connectivity index (χ3n) is 3.01. The van der Waals surface area contributed by atoms with Crippen LogP contribution in [0, 0.1) is 5.82 Å². The van der Waals surface area contributed by atoms with Gasteiger partial charge in [-0.25, -0.2) is 4.39 Å². The summed E-state index contributed by atoms with van der Waals surface area (Å²) in [6, 6.07) is 12.8. The first-order valence-corrected chi connectivity index (χ1v) is 7.23. The molecule has 110 valence electrons. The Balaban J connectivity index is 1.75. The predicted octanol–water partition coefficient (Wildman–Crippen LogP) is 3.12. The first kappa shape index (κ1) is 14.5. The molecule has 7 heteroatoms. The van der Waals surface area contributed by atoms with E-state index in [0.29, 0.717) is 17.0 Å². The summed E-state index contributed by atoms with van der Waals surface area (Å²) in [6.07, 6.45) is 0. The quantitative estimate of drug-likeness (QED) is 0.670. The smallest absolute Gasteiger partial charge is 0.204 e. The van der Waals surface area contributed by atoms with Crippen LogP contribution in [0.15, 0.2) is 53.0 Å². The Bertz CT molecular complexity index is 799. The van der Waals surface area contributed by atoms with E-state index in [1.807, 2.05) is 0 Å². The van der Waals surface area contributed by atoms with E-state index in [-0.39, 0.29) is 18.1 Å². The van der Waals surface area contributed by atoms with Crippen molar-refractivity contribution in [2.75, 3.05) is 0 Å². The molecule has 3 aromatic rings. The molecule has 0 unspecified atom stereocenters. The van der Waals surface area contributed by atoms with Crippen LogP contribution in [0.5, 0.6) is 0 Å². The van der Waals surface area contributed by atoms with Gasteiger partial charge in [0.2, 0.25) is 5.82 Å². The summed E-state index contributed by atoms with van der Waals surface area (Å²) < 4.78 is 13.8. The lowest BCUT2D eigenvalue weighted by molar-refractivity contribution is 0.0961. The maximum Gasteiger partial charge on any atom is 0.204 e. The Morgan fingerprint density at radius 2 is 1.77 bits per heavy atom. The number of rotatable bonds is 4. The van der Waals surface area contributed by atoms with Crippen molar-refractivity contribution in [3.8, 4) is 11.4 Å². The van der Waals surface area contributed by atoms with Crippen molar-refractivity contribution in [3.05, 3.63) is 64.4 Å². The molecule has 0 amide bonds. The van der Waals surface area contributed by atoms with Crippen molar-refractivity contribution in [2.45, 2.75) is 6.54 Å². The van der Waals surface area contributed by atoms with Crippen LogP contribution in [0.25, 0.3) is 11.4 Å². The molecule has 0 aliphatic heterocycles. The second-order valence-electron chi connectivity index (χ2n) is 4.58. The third-order valence-corrected chi connectivity index (χ3v) is 3.54. The Labute approximate surface area is 133 Å². The molecule has 0 saturated heterocycles. The number of hydrogen-bond donors (Lipinski definition) is 0. The highest BCUT2D eigenvalue weighted by atomic mass is 79.9. The summed E-state index contributed by atoms with van der Waals surface area (Å²) in [6.45, 7) is -0.00414. The van der Waals surface area contributed by atoms with Crippen molar-refractivity contribution >= 4 is 21.7 Å². The van der Waals surface area contributed by atoms with E-state index in [4.69, 9.17) is 0 Å². The summed E-state index contributed by atoms with van der Waals surface area (Å²) in [7, 11) is 0. The summed E-state index contributed by atoms with van der Waals surface area (Å²) in [5, 5.41) is 11.9. The number of benzene rings is 2. The molecular formula is C15H10BrFN4O. The predicted molar refractivity (Wildman–Crippen MR) is 81.7 cm³/mol. The molecule has 0 fully saturated rings. The fourth-order valence-electron chi connectivity index (χ4n) is 1.88. The molecule has 0 bridgehead atoms. The van der Waals surface area contributed by atoms with Gasteiger partial charge >= 0.3 is 0 Å². The largest absolute Gasteiger partial charge is 0.292 e. The summed E-state index contributed by atoms with van der Waals surface area (Å²) >= 11 is 3.32. The SMILES string of the molecule is O=C(Cn1nnc(-c2ccc(F)cc2)n1)c1ccc(Br)cc1. The fraction of sp³-hybridized carbons (Fsp3) is 0.0667. The molecule has 3 rings (SSSR count). The number of tetrazole rings is 1. The minimum absolute atomic E-state index is 0.00414. The molecule has 0 radical (unpaired) electrons. The number of carbonyl (C=O) groups excluding carboxylic acids is 1. The highest BCUT2D eigenvalue weighted by molar-refractivity contribution is 9.10. The summed E-state index contributed by atoms with van der Waals surface area (Å²) in [5.41, 5.74) is 1.22. The highest BCUT2D eigenvalue weighted by Gasteiger charge is 2.11. The van der Waals surface area contributed by atoms with Crippen molar-refractivity contribution in [2.24, 2.45) is 0 Å². The lowest BCUT2D eigenvalue weighted by Crippen LogP contribution is -2.13. The average molecular weight is 361 g/mol. The van der Waals surface area contributed by atoms with E-state index in [9.17, 15) is 9.18 Å². The van der Waals surface area contributed by atoms with Gasteiger partial charge < -0.3 is 0 Å². The Kier molecular flexibility index (Phi) is 4.06. The van der Waals surface area contributed by atoms with Gasteiger partial charge in [-0.2, -0.15) is 4.80 Å². The van der Waals surface area contributed by atoms with Crippen LogP contribution >= 0.6 is 15.9 Å². The Morgan fingerprint density at radius 1 is 1.09 bits per heavy atom. The number of carbonyl (C=O) groups is 1. The number of nitrogens with zero attached hydrogens (tertiary/aromatic N) is 4. The Morgan fingerprint density at radius 3 is 2.45 bits per heavy atom. The molecule has 0 atom stereocenters. The lowest BCUT2D eigenvalue weighted by atomic mass is 10.1. The number of aromatic nitrogens is 4. The van der Waals surface area contributed by atoms with Crippen molar-refractivity contribution in [1.82, 2.24) is 20.2 Å². The maximum absolute atomic E-state index is 12.9.